The van der Waals surface area contributed by atoms with Gasteiger partial charge in [-0.05, 0) is 25.0 Å². The van der Waals surface area contributed by atoms with Crippen LogP contribution in [0.3, 0.4) is 0 Å². The summed E-state index contributed by atoms with van der Waals surface area (Å²) in [7, 11) is 0. The highest BCUT2D eigenvalue weighted by Gasteiger charge is 2.33. The van der Waals surface area contributed by atoms with E-state index in [0.717, 1.165) is 6.07 Å². The second kappa shape index (κ2) is 5.69. The molecule has 6 heteroatoms. The number of aliphatic hydroxyl groups is 1. The molecule has 0 amide bonds. The summed E-state index contributed by atoms with van der Waals surface area (Å²) in [4.78, 5) is 3.65. The van der Waals surface area contributed by atoms with Crippen LogP contribution in [0.4, 0.5) is 19.0 Å². The summed E-state index contributed by atoms with van der Waals surface area (Å²) < 4.78 is 37.5. The molecule has 1 aromatic heterocycles. The minimum Gasteiger partial charge on any atom is -0.396 e. The molecule has 0 aromatic carbocycles. The van der Waals surface area contributed by atoms with Gasteiger partial charge in [0, 0.05) is 19.3 Å². The predicted molar refractivity (Wildman–Crippen MR) is 54.0 cm³/mol. The fraction of sp³-hybridized carbons (Fsp3) is 0.500. The van der Waals surface area contributed by atoms with Crippen molar-refractivity contribution in [2.45, 2.75) is 19.0 Å². The molecule has 1 aromatic rings. The molecule has 16 heavy (non-hydrogen) atoms. The lowest BCUT2D eigenvalue weighted by Gasteiger charge is -2.12. The summed E-state index contributed by atoms with van der Waals surface area (Å²) in [6, 6.07) is 2.24. The van der Waals surface area contributed by atoms with Gasteiger partial charge in [-0.2, -0.15) is 13.2 Å². The Labute approximate surface area is 91.3 Å². The number of aliphatic hydroxyl groups excluding tert-OH is 1. The lowest BCUT2D eigenvalue weighted by molar-refractivity contribution is -0.137. The standard InChI is InChI=1S/C10H13F3N2O/c11-10(12,13)8-4-3-6-15-9(8)14-5-1-2-7-16/h3-4,6,16H,1-2,5,7H2,(H,14,15). The molecule has 0 saturated carbocycles. The minimum atomic E-state index is -4.40. The van der Waals surface area contributed by atoms with E-state index in [-0.39, 0.29) is 12.4 Å². The lowest BCUT2D eigenvalue weighted by atomic mass is 10.2. The van der Waals surface area contributed by atoms with Crippen LogP contribution in [0.1, 0.15) is 18.4 Å². The number of anilines is 1. The van der Waals surface area contributed by atoms with Gasteiger partial charge in [-0.1, -0.05) is 0 Å². The van der Waals surface area contributed by atoms with E-state index in [1.807, 2.05) is 0 Å². The van der Waals surface area contributed by atoms with E-state index in [1.54, 1.807) is 0 Å². The van der Waals surface area contributed by atoms with Crippen molar-refractivity contribution in [2.24, 2.45) is 0 Å². The number of hydrogen-bond acceptors (Lipinski definition) is 3. The summed E-state index contributed by atoms with van der Waals surface area (Å²) in [6.07, 6.45) is -1.93. The quantitative estimate of drug-likeness (QED) is 0.768. The van der Waals surface area contributed by atoms with Gasteiger partial charge in [0.15, 0.2) is 0 Å². The molecule has 0 atom stereocenters. The molecule has 0 aliphatic heterocycles. The van der Waals surface area contributed by atoms with Crippen molar-refractivity contribution >= 4 is 5.82 Å². The van der Waals surface area contributed by atoms with E-state index >= 15 is 0 Å². The van der Waals surface area contributed by atoms with E-state index in [4.69, 9.17) is 5.11 Å². The van der Waals surface area contributed by atoms with E-state index < -0.39 is 11.7 Å². The number of pyridine rings is 1. The van der Waals surface area contributed by atoms with Crippen LogP contribution in [0, 0.1) is 0 Å². The van der Waals surface area contributed by atoms with Crippen molar-refractivity contribution in [1.82, 2.24) is 4.98 Å². The molecule has 90 valence electrons. The van der Waals surface area contributed by atoms with Gasteiger partial charge in [-0.25, -0.2) is 4.98 Å². The van der Waals surface area contributed by atoms with Gasteiger partial charge >= 0.3 is 6.18 Å². The number of halogens is 3. The number of aromatic nitrogens is 1. The highest BCUT2D eigenvalue weighted by atomic mass is 19.4. The fourth-order valence-electron chi connectivity index (χ4n) is 1.22. The molecular formula is C10H13F3N2O. The maximum atomic E-state index is 12.5. The van der Waals surface area contributed by atoms with E-state index in [1.165, 1.54) is 12.3 Å². The van der Waals surface area contributed by atoms with Crippen LogP contribution >= 0.6 is 0 Å². The molecule has 1 heterocycles. The van der Waals surface area contributed by atoms with Crippen LogP contribution < -0.4 is 5.32 Å². The summed E-state index contributed by atoms with van der Waals surface area (Å²) in [6.45, 7) is 0.399. The van der Waals surface area contributed by atoms with Crippen molar-refractivity contribution < 1.29 is 18.3 Å². The number of hydrogen-bond donors (Lipinski definition) is 2. The van der Waals surface area contributed by atoms with E-state index in [9.17, 15) is 13.2 Å². The first kappa shape index (κ1) is 12.8. The number of alkyl halides is 3. The number of rotatable bonds is 5. The second-order valence-corrected chi connectivity index (χ2v) is 3.25. The van der Waals surface area contributed by atoms with Crippen LogP contribution in [-0.2, 0) is 6.18 Å². The number of nitrogens with one attached hydrogen (secondary N) is 1. The van der Waals surface area contributed by atoms with Crippen LogP contribution in [0.25, 0.3) is 0 Å². The molecule has 0 aliphatic rings. The maximum absolute atomic E-state index is 12.5. The fourth-order valence-corrected chi connectivity index (χ4v) is 1.22. The van der Waals surface area contributed by atoms with Crippen molar-refractivity contribution in [2.75, 3.05) is 18.5 Å². The zero-order chi connectivity index (χ0) is 12.0. The predicted octanol–water partition coefficient (Wildman–Crippen LogP) is 2.28. The first-order valence-corrected chi connectivity index (χ1v) is 4.92. The highest BCUT2D eigenvalue weighted by Crippen LogP contribution is 2.33. The molecule has 0 radical (unpaired) electrons. The topological polar surface area (TPSA) is 45.1 Å². The summed E-state index contributed by atoms with van der Waals surface area (Å²) in [5.74, 6) is -0.159. The Balaban J connectivity index is 2.65. The smallest absolute Gasteiger partial charge is 0.396 e. The first-order valence-electron chi connectivity index (χ1n) is 4.92. The summed E-state index contributed by atoms with van der Waals surface area (Å²) in [5.41, 5.74) is -0.765. The monoisotopic (exact) mass is 234 g/mol. The number of nitrogens with zero attached hydrogens (tertiary/aromatic N) is 1. The number of unbranched alkanes of at least 4 members (excludes halogenated alkanes) is 1. The second-order valence-electron chi connectivity index (χ2n) is 3.25. The molecule has 0 aliphatic carbocycles. The van der Waals surface area contributed by atoms with Crippen molar-refractivity contribution in [3.8, 4) is 0 Å². The third-order valence-corrected chi connectivity index (χ3v) is 1.99. The Morgan fingerprint density at radius 3 is 2.69 bits per heavy atom. The average molecular weight is 234 g/mol. The molecule has 0 unspecified atom stereocenters. The Hall–Kier alpha value is -1.30. The zero-order valence-corrected chi connectivity index (χ0v) is 8.59. The molecule has 0 spiro atoms. The molecule has 3 nitrogen and oxygen atoms in total. The third-order valence-electron chi connectivity index (χ3n) is 1.99. The van der Waals surface area contributed by atoms with Crippen molar-refractivity contribution in [1.29, 1.82) is 0 Å². The van der Waals surface area contributed by atoms with Crippen LogP contribution in [0.5, 0.6) is 0 Å². The maximum Gasteiger partial charge on any atom is 0.419 e. The first-order chi connectivity index (χ1) is 7.55. The minimum absolute atomic E-state index is 0.0377. The average Bonchev–Trinajstić information content (AvgIpc) is 2.24. The molecule has 0 saturated heterocycles. The van der Waals surface area contributed by atoms with E-state index in [0.29, 0.717) is 19.4 Å². The van der Waals surface area contributed by atoms with Gasteiger partial charge in [0.05, 0.1) is 5.56 Å². The third kappa shape index (κ3) is 3.69. The van der Waals surface area contributed by atoms with Gasteiger partial charge in [-0.3, -0.25) is 0 Å². The van der Waals surface area contributed by atoms with Crippen molar-refractivity contribution in [3.05, 3.63) is 23.9 Å². The van der Waals surface area contributed by atoms with Gasteiger partial charge < -0.3 is 10.4 Å². The highest BCUT2D eigenvalue weighted by molar-refractivity contribution is 5.45. The normalized spacial score (nSPS) is 11.5. The van der Waals surface area contributed by atoms with Crippen LogP contribution in [-0.4, -0.2) is 23.2 Å². The molecular weight excluding hydrogens is 221 g/mol. The zero-order valence-electron chi connectivity index (χ0n) is 8.59. The molecule has 0 bridgehead atoms. The van der Waals surface area contributed by atoms with Crippen LogP contribution in [0.2, 0.25) is 0 Å². The lowest BCUT2D eigenvalue weighted by Crippen LogP contribution is -2.13. The van der Waals surface area contributed by atoms with Gasteiger partial charge in [0.1, 0.15) is 5.82 Å². The Bertz CT molecular complexity index is 328. The van der Waals surface area contributed by atoms with Gasteiger partial charge in [-0.15, -0.1) is 0 Å². The Morgan fingerprint density at radius 2 is 2.06 bits per heavy atom. The largest absolute Gasteiger partial charge is 0.419 e. The van der Waals surface area contributed by atoms with Crippen LogP contribution in [0.15, 0.2) is 18.3 Å². The Morgan fingerprint density at radius 1 is 1.31 bits per heavy atom. The molecule has 1 rings (SSSR count). The molecule has 2 N–H and O–H groups in total. The van der Waals surface area contributed by atoms with E-state index in [2.05, 4.69) is 10.3 Å². The summed E-state index contributed by atoms with van der Waals surface area (Å²) in [5, 5.41) is 11.1. The summed E-state index contributed by atoms with van der Waals surface area (Å²) >= 11 is 0. The molecule has 0 fully saturated rings. The Kier molecular flexibility index (Phi) is 4.54. The van der Waals surface area contributed by atoms with Crippen molar-refractivity contribution in [3.63, 3.8) is 0 Å². The van der Waals surface area contributed by atoms with Gasteiger partial charge in [0.25, 0.3) is 0 Å². The SMILES string of the molecule is OCCCCNc1ncccc1C(F)(F)F. The van der Waals surface area contributed by atoms with Gasteiger partial charge in [0.2, 0.25) is 0 Å².